The first-order chi connectivity index (χ1) is 14.7. The summed E-state index contributed by atoms with van der Waals surface area (Å²) < 4.78 is 52.8. The Morgan fingerprint density at radius 1 is 1.06 bits per heavy atom. The summed E-state index contributed by atoms with van der Waals surface area (Å²) in [6.45, 7) is 3.73. The SMILES string of the molecule is CN=C(C)C(CN1CCN(c2nccnc2-c2ccc(F)cc2)CC1)=C(N)C(F)(F)F. The van der Waals surface area contributed by atoms with Crippen LogP contribution in [0, 0.1) is 5.82 Å². The Balaban J connectivity index is 1.75. The quantitative estimate of drug-likeness (QED) is 0.576. The maximum absolute atomic E-state index is 13.3. The second-order valence-corrected chi connectivity index (χ2v) is 7.20. The number of alkyl halides is 3. The molecule has 1 aromatic carbocycles. The van der Waals surface area contributed by atoms with Crippen LogP contribution in [0.4, 0.5) is 23.4 Å². The van der Waals surface area contributed by atoms with Gasteiger partial charge in [-0.05, 0) is 31.2 Å². The molecule has 0 amide bonds. The van der Waals surface area contributed by atoms with Gasteiger partial charge in [-0.3, -0.25) is 14.9 Å². The van der Waals surface area contributed by atoms with Crippen LogP contribution in [0.25, 0.3) is 11.3 Å². The zero-order valence-electron chi connectivity index (χ0n) is 17.3. The van der Waals surface area contributed by atoms with Gasteiger partial charge in [-0.2, -0.15) is 13.2 Å². The molecule has 0 radical (unpaired) electrons. The number of aromatic nitrogens is 2. The van der Waals surface area contributed by atoms with Crippen molar-refractivity contribution in [1.82, 2.24) is 14.9 Å². The molecule has 0 saturated carbocycles. The summed E-state index contributed by atoms with van der Waals surface area (Å²) in [6.07, 6.45) is -1.45. The van der Waals surface area contributed by atoms with Crippen molar-refractivity contribution in [3.8, 4) is 11.3 Å². The predicted molar refractivity (Wildman–Crippen MR) is 112 cm³/mol. The molecule has 0 spiro atoms. The van der Waals surface area contributed by atoms with E-state index in [-0.39, 0.29) is 23.6 Å². The molecule has 0 aliphatic carbocycles. The topological polar surface area (TPSA) is 70.6 Å². The van der Waals surface area contributed by atoms with Crippen LogP contribution >= 0.6 is 0 Å². The first-order valence-corrected chi connectivity index (χ1v) is 9.74. The minimum atomic E-state index is -4.60. The third kappa shape index (κ3) is 5.38. The Morgan fingerprint density at radius 2 is 1.68 bits per heavy atom. The van der Waals surface area contributed by atoms with Gasteiger partial charge in [0.05, 0.1) is 0 Å². The Bertz CT molecular complexity index is 961. The molecule has 0 atom stereocenters. The lowest BCUT2D eigenvalue weighted by molar-refractivity contribution is -0.0934. The Hall–Kier alpha value is -3.01. The maximum Gasteiger partial charge on any atom is 0.431 e. The number of aliphatic imine (C=N–C) groups is 1. The van der Waals surface area contributed by atoms with E-state index in [2.05, 4.69) is 15.0 Å². The highest BCUT2D eigenvalue weighted by Gasteiger charge is 2.35. The first kappa shape index (κ1) is 22.7. The molecular formula is C21H24F4N6. The molecule has 1 aromatic heterocycles. The van der Waals surface area contributed by atoms with E-state index < -0.39 is 11.9 Å². The van der Waals surface area contributed by atoms with Crippen LogP contribution in [0.15, 0.2) is 52.9 Å². The molecule has 0 unspecified atom stereocenters. The number of allylic oxidation sites excluding steroid dienone is 1. The van der Waals surface area contributed by atoms with Crippen LogP contribution in [0.1, 0.15) is 6.92 Å². The predicted octanol–water partition coefficient (Wildman–Crippen LogP) is 3.27. The lowest BCUT2D eigenvalue weighted by Gasteiger charge is -2.36. The fourth-order valence-corrected chi connectivity index (χ4v) is 3.42. The summed E-state index contributed by atoms with van der Waals surface area (Å²) in [6, 6.07) is 6.01. The second kappa shape index (κ2) is 9.42. The minimum absolute atomic E-state index is 0.00467. The minimum Gasteiger partial charge on any atom is -0.394 e. The number of halogens is 4. The molecule has 10 heteroatoms. The summed E-state index contributed by atoms with van der Waals surface area (Å²) >= 11 is 0. The Kier molecular flexibility index (Phi) is 6.89. The lowest BCUT2D eigenvalue weighted by Crippen LogP contribution is -2.48. The molecule has 166 valence electrons. The molecule has 1 aliphatic rings. The molecular weight excluding hydrogens is 412 g/mol. The van der Waals surface area contributed by atoms with Crippen molar-refractivity contribution in [3.05, 3.63) is 53.7 Å². The lowest BCUT2D eigenvalue weighted by atomic mass is 10.1. The number of anilines is 1. The Morgan fingerprint density at radius 3 is 2.26 bits per heavy atom. The van der Waals surface area contributed by atoms with Crippen molar-refractivity contribution in [3.63, 3.8) is 0 Å². The van der Waals surface area contributed by atoms with E-state index in [1.807, 2.05) is 9.80 Å². The van der Waals surface area contributed by atoms with Crippen molar-refractivity contribution >= 4 is 11.5 Å². The normalized spacial score (nSPS) is 17.0. The molecule has 1 saturated heterocycles. The molecule has 2 N–H and O–H groups in total. The van der Waals surface area contributed by atoms with Gasteiger partial charge in [0.25, 0.3) is 0 Å². The highest BCUT2D eigenvalue weighted by molar-refractivity contribution is 5.99. The van der Waals surface area contributed by atoms with Gasteiger partial charge in [-0.15, -0.1) is 0 Å². The highest BCUT2D eigenvalue weighted by atomic mass is 19.4. The number of hydrogen-bond acceptors (Lipinski definition) is 6. The van der Waals surface area contributed by atoms with E-state index in [0.29, 0.717) is 37.7 Å². The van der Waals surface area contributed by atoms with Crippen LogP contribution in [0.2, 0.25) is 0 Å². The van der Waals surface area contributed by atoms with Crippen molar-refractivity contribution in [2.24, 2.45) is 10.7 Å². The number of benzene rings is 1. The van der Waals surface area contributed by atoms with Gasteiger partial charge >= 0.3 is 6.18 Å². The largest absolute Gasteiger partial charge is 0.431 e. The standard InChI is InChI=1S/C21H24F4N6/c1-14(27-2)17(19(26)21(23,24)25)13-30-9-11-31(12-10-30)20-18(28-7-8-29-20)15-3-5-16(22)6-4-15/h3-8H,9-13,26H2,1-2H3. The van der Waals surface area contributed by atoms with Crippen molar-refractivity contribution in [2.45, 2.75) is 13.1 Å². The molecule has 31 heavy (non-hydrogen) atoms. The molecule has 6 nitrogen and oxygen atoms in total. The molecule has 2 heterocycles. The number of hydrogen-bond donors (Lipinski definition) is 1. The van der Waals surface area contributed by atoms with Gasteiger partial charge in [0.2, 0.25) is 0 Å². The fourth-order valence-electron chi connectivity index (χ4n) is 3.42. The van der Waals surface area contributed by atoms with Gasteiger partial charge in [-0.1, -0.05) is 0 Å². The third-order valence-corrected chi connectivity index (χ3v) is 5.25. The van der Waals surface area contributed by atoms with Crippen molar-refractivity contribution in [2.75, 3.05) is 44.7 Å². The van der Waals surface area contributed by atoms with Gasteiger partial charge in [-0.25, -0.2) is 9.37 Å². The summed E-state index contributed by atoms with van der Waals surface area (Å²) in [5.74, 6) is 0.321. The monoisotopic (exact) mass is 436 g/mol. The Labute approximate surface area is 178 Å². The summed E-state index contributed by atoms with van der Waals surface area (Å²) in [4.78, 5) is 16.7. The van der Waals surface area contributed by atoms with Gasteiger partial charge in [0, 0.05) is 69.0 Å². The summed E-state index contributed by atoms with van der Waals surface area (Å²) in [5, 5.41) is 0. The fraction of sp³-hybridized carbons (Fsp3) is 0.381. The average molecular weight is 436 g/mol. The van der Waals surface area contributed by atoms with E-state index in [0.717, 1.165) is 5.56 Å². The van der Waals surface area contributed by atoms with E-state index in [1.54, 1.807) is 24.5 Å². The molecule has 2 aromatic rings. The van der Waals surface area contributed by atoms with Crippen LogP contribution in [-0.2, 0) is 0 Å². The zero-order chi connectivity index (χ0) is 22.6. The first-order valence-electron chi connectivity index (χ1n) is 9.74. The smallest absolute Gasteiger partial charge is 0.394 e. The maximum atomic E-state index is 13.3. The van der Waals surface area contributed by atoms with Crippen LogP contribution < -0.4 is 10.6 Å². The second-order valence-electron chi connectivity index (χ2n) is 7.20. The van der Waals surface area contributed by atoms with Crippen LogP contribution in [0.3, 0.4) is 0 Å². The van der Waals surface area contributed by atoms with Gasteiger partial charge in [0.1, 0.15) is 17.2 Å². The van der Waals surface area contributed by atoms with E-state index in [4.69, 9.17) is 5.73 Å². The van der Waals surface area contributed by atoms with Crippen LogP contribution in [0.5, 0.6) is 0 Å². The highest BCUT2D eigenvalue weighted by Crippen LogP contribution is 2.28. The summed E-state index contributed by atoms with van der Waals surface area (Å²) in [5.41, 5.74) is 5.92. The third-order valence-electron chi connectivity index (χ3n) is 5.25. The zero-order valence-corrected chi connectivity index (χ0v) is 17.3. The number of nitrogens with two attached hydrogens (primary N) is 1. The molecule has 1 aliphatic heterocycles. The van der Waals surface area contributed by atoms with E-state index >= 15 is 0 Å². The molecule has 1 fully saturated rings. The van der Waals surface area contributed by atoms with Crippen molar-refractivity contribution in [1.29, 1.82) is 0 Å². The van der Waals surface area contributed by atoms with Gasteiger partial charge < -0.3 is 10.6 Å². The average Bonchev–Trinajstić information content (AvgIpc) is 2.77. The number of nitrogens with zero attached hydrogens (tertiary/aromatic N) is 5. The molecule has 0 bridgehead atoms. The van der Waals surface area contributed by atoms with Crippen LogP contribution in [-0.4, -0.2) is 66.5 Å². The number of rotatable bonds is 5. The summed E-state index contributed by atoms with van der Waals surface area (Å²) in [7, 11) is 1.45. The van der Waals surface area contributed by atoms with Crippen molar-refractivity contribution < 1.29 is 17.6 Å². The van der Waals surface area contributed by atoms with E-state index in [9.17, 15) is 17.6 Å². The molecule has 3 rings (SSSR count). The number of piperazine rings is 1. The van der Waals surface area contributed by atoms with E-state index in [1.165, 1.54) is 26.1 Å². The van der Waals surface area contributed by atoms with Gasteiger partial charge in [0.15, 0.2) is 5.82 Å².